The number of pyridine rings is 2. The summed E-state index contributed by atoms with van der Waals surface area (Å²) in [5, 5.41) is 1.09. The molecular formula is C19H24N4O2. The Morgan fingerprint density at radius 2 is 1.80 bits per heavy atom. The number of amides is 1. The number of nitrogens with zero attached hydrogens (tertiary/aromatic N) is 4. The minimum Gasteiger partial charge on any atom is -0.444 e. The first-order valence-electron chi connectivity index (χ1n) is 8.83. The molecule has 2 fully saturated rings. The predicted octanol–water partition coefficient (Wildman–Crippen LogP) is 2.93. The van der Waals surface area contributed by atoms with Crippen LogP contribution in [0.1, 0.15) is 20.8 Å². The monoisotopic (exact) mass is 340 g/mol. The van der Waals surface area contributed by atoms with Crippen molar-refractivity contribution in [1.29, 1.82) is 0 Å². The SMILES string of the molecule is CC(C)(C)OC(=O)N1CC2CN(c3nccc4ncccc34)CC2C1. The Morgan fingerprint density at radius 1 is 1.08 bits per heavy atom. The third kappa shape index (κ3) is 3.13. The van der Waals surface area contributed by atoms with Crippen LogP contribution in [0.5, 0.6) is 0 Å². The Morgan fingerprint density at radius 3 is 2.48 bits per heavy atom. The highest BCUT2D eigenvalue weighted by Gasteiger charge is 2.43. The first-order chi connectivity index (χ1) is 11.9. The maximum absolute atomic E-state index is 12.3. The third-order valence-electron chi connectivity index (χ3n) is 4.95. The van der Waals surface area contributed by atoms with Crippen LogP contribution in [0.2, 0.25) is 0 Å². The molecule has 6 nitrogen and oxygen atoms in total. The van der Waals surface area contributed by atoms with Gasteiger partial charge in [-0.3, -0.25) is 4.98 Å². The second-order valence-corrected chi connectivity index (χ2v) is 8.02. The highest BCUT2D eigenvalue weighted by Crippen LogP contribution is 2.35. The number of aromatic nitrogens is 2. The number of hydrogen-bond donors (Lipinski definition) is 0. The van der Waals surface area contributed by atoms with Gasteiger partial charge in [-0.25, -0.2) is 9.78 Å². The Kier molecular flexibility index (Phi) is 3.78. The maximum Gasteiger partial charge on any atom is 0.410 e. The van der Waals surface area contributed by atoms with Crippen molar-refractivity contribution >= 4 is 22.8 Å². The lowest BCUT2D eigenvalue weighted by Gasteiger charge is -2.26. The fourth-order valence-electron chi connectivity index (χ4n) is 3.88. The van der Waals surface area contributed by atoms with Gasteiger partial charge in [-0.05, 0) is 39.0 Å². The highest BCUT2D eigenvalue weighted by molar-refractivity contribution is 5.89. The van der Waals surface area contributed by atoms with Gasteiger partial charge in [0.2, 0.25) is 0 Å². The number of carbonyl (C=O) groups excluding carboxylic acids is 1. The molecule has 2 aliphatic heterocycles. The van der Waals surface area contributed by atoms with Crippen LogP contribution in [0.25, 0.3) is 10.9 Å². The van der Waals surface area contributed by atoms with E-state index in [1.807, 2.05) is 50.2 Å². The normalized spacial score (nSPS) is 23.2. The van der Waals surface area contributed by atoms with Crippen molar-refractivity contribution in [3.8, 4) is 0 Å². The summed E-state index contributed by atoms with van der Waals surface area (Å²) in [5.41, 5.74) is 0.528. The van der Waals surface area contributed by atoms with Crippen molar-refractivity contribution in [2.45, 2.75) is 26.4 Å². The van der Waals surface area contributed by atoms with Crippen molar-refractivity contribution < 1.29 is 9.53 Å². The fraction of sp³-hybridized carbons (Fsp3) is 0.526. The molecule has 4 heterocycles. The molecule has 2 unspecified atom stereocenters. The largest absolute Gasteiger partial charge is 0.444 e. The summed E-state index contributed by atoms with van der Waals surface area (Å²) in [5.74, 6) is 1.95. The van der Waals surface area contributed by atoms with E-state index in [0.717, 1.165) is 42.9 Å². The van der Waals surface area contributed by atoms with Gasteiger partial charge in [0, 0.05) is 55.8 Å². The average Bonchev–Trinajstić information content (AvgIpc) is 3.11. The van der Waals surface area contributed by atoms with Gasteiger partial charge in [0.15, 0.2) is 0 Å². The van der Waals surface area contributed by atoms with E-state index in [2.05, 4.69) is 20.9 Å². The Hall–Kier alpha value is -2.37. The summed E-state index contributed by atoms with van der Waals surface area (Å²) in [7, 11) is 0. The first-order valence-corrected chi connectivity index (χ1v) is 8.83. The lowest BCUT2D eigenvalue weighted by molar-refractivity contribution is 0.0282. The van der Waals surface area contributed by atoms with E-state index in [0.29, 0.717) is 11.8 Å². The van der Waals surface area contributed by atoms with Crippen LogP contribution in [0.4, 0.5) is 10.6 Å². The van der Waals surface area contributed by atoms with Crippen LogP contribution < -0.4 is 4.90 Å². The van der Waals surface area contributed by atoms with Gasteiger partial charge < -0.3 is 14.5 Å². The molecule has 0 saturated carbocycles. The molecule has 2 aromatic rings. The molecule has 25 heavy (non-hydrogen) atoms. The number of hydrogen-bond acceptors (Lipinski definition) is 5. The van der Waals surface area contributed by atoms with E-state index in [1.54, 1.807) is 0 Å². The van der Waals surface area contributed by atoms with E-state index in [4.69, 9.17) is 4.74 Å². The molecule has 0 spiro atoms. The molecule has 0 N–H and O–H groups in total. The number of fused-ring (bicyclic) bond motifs is 2. The smallest absolute Gasteiger partial charge is 0.410 e. The van der Waals surface area contributed by atoms with Crippen LogP contribution in [-0.2, 0) is 4.74 Å². The molecule has 2 aromatic heterocycles. The summed E-state index contributed by atoms with van der Waals surface area (Å²) < 4.78 is 5.51. The Labute approximate surface area is 147 Å². The van der Waals surface area contributed by atoms with Gasteiger partial charge in [0.25, 0.3) is 0 Å². The summed E-state index contributed by atoms with van der Waals surface area (Å²) in [6, 6.07) is 5.97. The van der Waals surface area contributed by atoms with Gasteiger partial charge in [0.1, 0.15) is 11.4 Å². The molecule has 2 aliphatic rings. The number of rotatable bonds is 1. The van der Waals surface area contributed by atoms with Crippen LogP contribution in [0.3, 0.4) is 0 Å². The topological polar surface area (TPSA) is 58.6 Å². The van der Waals surface area contributed by atoms with Gasteiger partial charge in [0.05, 0.1) is 5.52 Å². The van der Waals surface area contributed by atoms with Gasteiger partial charge in [-0.2, -0.15) is 0 Å². The quantitative estimate of drug-likeness (QED) is 0.799. The number of ether oxygens (including phenoxy) is 1. The molecule has 132 valence electrons. The van der Waals surface area contributed by atoms with Crippen molar-refractivity contribution in [2.24, 2.45) is 11.8 Å². The summed E-state index contributed by atoms with van der Waals surface area (Å²) >= 11 is 0. The number of likely N-dealkylation sites (tertiary alicyclic amines) is 1. The van der Waals surface area contributed by atoms with Gasteiger partial charge >= 0.3 is 6.09 Å². The third-order valence-corrected chi connectivity index (χ3v) is 4.95. The molecule has 4 rings (SSSR count). The van der Waals surface area contributed by atoms with Gasteiger partial charge in [-0.1, -0.05) is 0 Å². The molecule has 1 amide bonds. The molecule has 2 saturated heterocycles. The molecular weight excluding hydrogens is 316 g/mol. The summed E-state index contributed by atoms with van der Waals surface area (Å²) in [6.07, 6.45) is 3.44. The van der Waals surface area contributed by atoms with Crippen molar-refractivity contribution in [3.63, 3.8) is 0 Å². The predicted molar refractivity (Wildman–Crippen MR) is 96.5 cm³/mol. The number of carbonyl (C=O) groups is 1. The lowest BCUT2D eigenvalue weighted by Crippen LogP contribution is -2.37. The molecule has 2 atom stereocenters. The lowest BCUT2D eigenvalue weighted by atomic mass is 10.0. The van der Waals surface area contributed by atoms with E-state index < -0.39 is 5.60 Å². The zero-order valence-corrected chi connectivity index (χ0v) is 15.0. The van der Waals surface area contributed by atoms with E-state index in [-0.39, 0.29) is 6.09 Å². The molecule has 6 heteroatoms. The van der Waals surface area contributed by atoms with Crippen LogP contribution in [0, 0.1) is 11.8 Å². The molecule has 0 aromatic carbocycles. The van der Waals surface area contributed by atoms with Crippen LogP contribution >= 0.6 is 0 Å². The fourth-order valence-corrected chi connectivity index (χ4v) is 3.88. The second kappa shape index (κ2) is 5.86. The minimum absolute atomic E-state index is 0.194. The van der Waals surface area contributed by atoms with E-state index in [1.165, 1.54) is 0 Å². The standard InChI is InChI=1S/C19H24N4O2/c1-19(2,3)25-18(24)23-11-13-9-22(10-14(13)12-23)17-15-5-4-7-20-16(15)6-8-21-17/h4-8,13-14H,9-12H2,1-3H3. The summed E-state index contributed by atoms with van der Waals surface area (Å²) in [4.78, 5) is 25.5. The average molecular weight is 340 g/mol. The molecule has 0 bridgehead atoms. The van der Waals surface area contributed by atoms with E-state index >= 15 is 0 Å². The minimum atomic E-state index is -0.444. The Balaban J connectivity index is 1.47. The van der Waals surface area contributed by atoms with Gasteiger partial charge in [-0.15, -0.1) is 0 Å². The zero-order chi connectivity index (χ0) is 17.6. The van der Waals surface area contributed by atoms with Crippen LogP contribution in [-0.4, -0.2) is 52.7 Å². The van der Waals surface area contributed by atoms with Crippen molar-refractivity contribution in [2.75, 3.05) is 31.1 Å². The number of anilines is 1. The van der Waals surface area contributed by atoms with E-state index in [9.17, 15) is 4.79 Å². The zero-order valence-electron chi connectivity index (χ0n) is 15.0. The highest BCUT2D eigenvalue weighted by atomic mass is 16.6. The first kappa shape index (κ1) is 16.1. The molecule has 0 radical (unpaired) electrons. The second-order valence-electron chi connectivity index (χ2n) is 8.02. The van der Waals surface area contributed by atoms with Crippen molar-refractivity contribution in [1.82, 2.24) is 14.9 Å². The Bertz CT molecular complexity index is 782. The summed E-state index contributed by atoms with van der Waals surface area (Å²) in [6.45, 7) is 9.09. The maximum atomic E-state index is 12.3. The molecule has 0 aliphatic carbocycles. The van der Waals surface area contributed by atoms with Crippen molar-refractivity contribution in [3.05, 3.63) is 30.6 Å². The van der Waals surface area contributed by atoms with Crippen LogP contribution in [0.15, 0.2) is 30.6 Å².